The van der Waals surface area contributed by atoms with E-state index < -0.39 is 10.0 Å². The molecule has 0 fully saturated rings. The lowest BCUT2D eigenvalue weighted by atomic mass is 10.1. The van der Waals surface area contributed by atoms with E-state index >= 15 is 0 Å². The molecule has 0 radical (unpaired) electrons. The minimum atomic E-state index is -3.38. The van der Waals surface area contributed by atoms with Gasteiger partial charge in [0.2, 0.25) is 10.0 Å². The fourth-order valence-corrected chi connectivity index (χ4v) is 3.05. The van der Waals surface area contributed by atoms with Gasteiger partial charge in [0.05, 0.1) is 11.4 Å². The summed E-state index contributed by atoms with van der Waals surface area (Å²) in [6.45, 7) is 3.79. The van der Waals surface area contributed by atoms with E-state index in [0.717, 1.165) is 24.4 Å². The van der Waals surface area contributed by atoms with Crippen LogP contribution < -0.4 is 5.32 Å². The predicted molar refractivity (Wildman–Crippen MR) is 81.3 cm³/mol. The average molecular weight is 293 g/mol. The van der Waals surface area contributed by atoms with Crippen LogP contribution in [0, 0.1) is 0 Å². The van der Waals surface area contributed by atoms with Gasteiger partial charge in [-0.15, -0.1) is 0 Å². The minimum absolute atomic E-state index is 0.313. The summed E-state index contributed by atoms with van der Waals surface area (Å²) < 4.78 is 25.7. The molecule has 20 heavy (non-hydrogen) atoms. The quantitative estimate of drug-likeness (QED) is 0.911. The first kappa shape index (κ1) is 14.7. The Bertz CT molecular complexity index is 618. The third-order valence-electron chi connectivity index (χ3n) is 3.22. The SMILES string of the molecule is CCN(C)S(=O)(=O)c1ccc(C2=CC=NCCN2)cc1. The van der Waals surface area contributed by atoms with Gasteiger partial charge in [0.25, 0.3) is 0 Å². The maximum atomic E-state index is 12.2. The molecule has 1 aliphatic heterocycles. The third kappa shape index (κ3) is 3.08. The van der Waals surface area contributed by atoms with Gasteiger partial charge >= 0.3 is 0 Å². The molecule has 0 bridgehead atoms. The van der Waals surface area contributed by atoms with Crippen molar-refractivity contribution in [3.8, 4) is 0 Å². The maximum Gasteiger partial charge on any atom is 0.242 e. The molecule has 5 nitrogen and oxygen atoms in total. The van der Waals surface area contributed by atoms with Crippen LogP contribution in [0.25, 0.3) is 5.70 Å². The molecular weight excluding hydrogens is 274 g/mol. The first-order chi connectivity index (χ1) is 9.55. The number of rotatable bonds is 4. The number of hydrogen-bond donors (Lipinski definition) is 1. The van der Waals surface area contributed by atoms with E-state index in [-0.39, 0.29) is 0 Å². The summed E-state index contributed by atoms with van der Waals surface area (Å²) in [5, 5.41) is 3.27. The van der Waals surface area contributed by atoms with Crippen LogP contribution in [0.4, 0.5) is 0 Å². The van der Waals surface area contributed by atoms with Crippen LogP contribution in [0.5, 0.6) is 0 Å². The van der Waals surface area contributed by atoms with Crippen molar-refractivity contribution in [3.05, 3.63) is 35.9 Å². The number of hydrogen-bond acceptors (Lipinski definition) is 4. The Morgan fingerprint density at radius 2 is 2.00 bits per heavy atom. The Kier molecular flexibility index (Phi) is 4.57. The summed E-state index contributed by atoms with van der Waals surface area (Å²) in [5.74, 6) is 0. The predicted octanol–water partition coefficient (Wildman–Crippen LogP) is 1.34. The molecule has 1 aromatic carbocycles. The molecule has 0 amide bonds. The third-order valence-corrected chi connectivity index (χ3v) is 5.17. The summed E-state index contributed by atoms with van der Waals surface area (Å²) in [7, 11) is -1.80. The Morgan fingerprint density at radius 1 is 1.30 bits per heavy atom. The molecule has 0 saturated carbocycles. The van der Waals surface area contributed by atoms with Crippen LogP contribution in [0.15, 0.2) is 40.2 Å². The van der Waals surface area contributed by atoms with Gasteiger partial charge in [-0.1, -0.05) is 19.1 Å². The van der Waals surface area contributed by atoms with E-state index in [1.807, 2.05) is 25.1 Å². The van der Waals surface area contributed by atoms with Crippen LogP contribution in [-0.4, -0.2) is 45.6 Å². The zero-order valence-corrected chi connectivity index (χ0v) is 12.5. The summed E-state index contributed by atoms with van der Waals surface area (Å²) in [6.07, 6.45) is 3.67. The van der Waals surface area contributed by atoms with Gasteiger partial charge in [-0.3, -0.25) is 4.99 Å². The lowest BCUT2D eigenvalue weighted by molar-refractivity contribution is 0.486. The number of nitrogens with zero attached hydrogens (tertiary/aromatic N) is 2. The lowest BCUT2D eigenvalue weighted by Gasteiger charge is -2.15. The highest BCUT2D eigenvalue weighted by Gasteiger charge is 2.19. The summed E-state index contributed by atoms with van der Waals surface area (Å²) in [6, 6.07) is 6.91. The molecule has 2 rings (SSSR count). The second kappa shape index (κ2) is 6.19. The smallest absolute Gasteiger partial charge is 0.242 e. The standard InChI is InChI=1S/C14H19N3O2S/c1-3-17(2)20(18,19)13-6-4-12(5-7-13)14-8-9-15-10-11-16-14/h4-9,16H,3,10-11H2,1-2H3. The van der Waals surface area contributed by atoms with Crippen molar-refractivity contribution in [2.45, 2.75) is 11.8 Å². The van der Waals surface area contributed by atoms with Crippen molar-refractivity contribution in [1.82, 2.24) is 9.62 Å². The van der Waals surface area contributed by atoms with E-state index in [4.69, 9.17) is 0 Å². The molecule has 108 valence electrons. The van der Waals surface area contributed by atoms with Crippen molar-refractivity contribution in [2.24, 2.45) is 4.99 Å². The Balaban J connectivity index is 2.27. The van der Waals surface area contributed by atoms with E-state index in [9.17, 15) is 8.42 Å². The molecule has 6 heteroatoms. The number of sulfonamides is 1. The largest absolute Gasteiger partial charge is 0.383 e. The Morgan fingerprint density at radius 3 is 2.65 bits per heavy atom. The van der Waals surface area contributed by atoms with Crippen molar-refractivity contribution in [1.29, 1.82) is 0 Å². The fourth-order valence-electron chi connectivity index (χ4n) is 1.87. The zero-order chi connectivity index (χ0) is 14.6. The lowest BCUT2D eigenvalue weighted by Crippen LogP contribution is -2.26. The van der Waals surface area contributed by atoms with E-state index in [2.05, 4.69) is 10.3 Å². The minimum Gasteiger partial charge on any atom is -0.383 e. The second-order valence-electron chi connectivity index (χ2n) is 4.51. The van der Waals surface area contributed by atoms with Gasteiger partial charge in [0.15, 0.2) is 0 Å². The molecule has 1 N–H and O–H groups in total. The molecule has 0 aromatic heterocycles. The molecule has 0 aliphatic carbocycles. The monoisotopic (exact) mass is 293 g/mol. The summed E-state index contributed by atoms with van der Waals surface area (Å²) in [5.41, 5.74) is 1.91. The molecule has 0 unspecified atom stereocenters. The van der Waals surface area contributed by atoms with E-state index in [0.29, 0.717) is 11.4 Å². The van der Waals surface area contributed by atoms with Crippen molar-refractivity contribution < 1.29 is 8.42 Å². The highest BCUT2D eigenvalue weighted by molar-refractivity contribution is 7.89. The second-order valence-corrected chi connectivity index (χ2v) is 6.55. The Labute approximate surface area is 120 Å². The molecule has 0 atom stereocenters. The topological polar surface area (TPSA) is 61.8 Å². The van der Waals surface area contributed by atoms with Gasteiger partial charge in [-0.25, -0.2) is 12.7 Å². The molecule has 0 saturated heterocycles. The molecule has 1 heterocycles. The molecular formula is C14H19N3O2S. The maximum absolute atomic E-state index is 12.2. The van der Waals surface area contributed by atoms with E-state index in [1.165, 1.54) is 4.31 Å². The van der Waals surface area contributed by atoms with Gasteiger partial charge in [-0.05, 0) is 23.8 Å². The number of nitrogens with one attached hydrogen (secondary N) is 1. The van der Waals surface area contributed by atoms with Crippen LogP contribution in [0.1, 0.15) is 12.5 Å². The Hall–Kier alpha value is -1.66. The van der Waals surface area contributed by atoms with Crippen LogP contribution in [0.3, 0.4) is 0 Å². The highest BCUT2D eigenvalue weighted by atomic mass is 32.2. The highest BCUT2D eigenvalue weighted by Crippen LogP contribution is 2.18. The summed E-state index contributed by atoms with van der Waals surface area (Å²) in [4.78, 5) is 4.48. The molecule has 1 aromatic rings. The van der Waals surface area contributed by atoms with Gasteiger partial charge < -0.3 is 5.32 Å². The van der Waals surface area contributed by atoms with Crippen molar-refractivity contribution >= 4 is 21.9 Å². The first-order valence-corrected chi connectivity index (χ1v) is 8.00. The van der Waals surface area contributed by atoms with Crippen LogP contribution >= 0.6 is 0 Å². The van der Waals surface area contributed by atoms with Crippen molar-refractivity contribution in [2.75, 3.05) is 26.7 Å². The van der Waals surface area contributed by atoms with Gasteiger partial charge in [-0.2, -0.15) is 0 Å². The van der Waals surface area contributed by atoms with Crippen molar-refractivity contribution in [3.63, 3.8) is 0 Å². The number of allylic oxidation sites excluding steroid dienone is 1. The number of benzene rings is 1. The fraction of sp³-hybridized carbons (Fsp3) is 0.357. The van der Waals surface area contributed by atoms with Crippen LogP contribution in [0.2, 0.25) is 0 Å². The average Bonchev–Trinajstić information content (AvgIpc) is 2.75. The van der Waals surface area contributed by atoms with E-state index in [1.54, 1.807) is 25.4 Å². The first-order valence-electron chi connectivity index (χ1n) is 6.56. The van der Waals surface area contributed by atoms with Gasteiger partial charge in [0, 0.05) is 32.0 Å². The normalized spacial score (nSPS) is 15.7. The summed E-state index contributed by atoms with van der Waals surface area (Å²) >= 11 is 0. The zero-order valence-electron chi connectivity index (χ0n) is 11.7. The van der Waals surface area contributed by atoms with Gasteiger partial charge in [0.1, 0.15) is 0 Å². The van der Waals surface area contributed by atoms with Crippen LogP contribution in [-0.2, 0) is 10.0 Å². The number of aliphatic imine (C=N–C) groups is 1. The molecule has 1 aliphatic rings. The molecule has 0 spiro atoms.